The predicted molar refractivity (Wildman–Crippen MR) is 102 cm³/mol. The Kier molecular flexibility index (Phi) is 4.74. The minimum atomic E-state index is -4.09. The topological polar surface area (TPSA) is 97.8 Å². The summed E-state index contributed by atoms with van der Waals surface area (Å²) < 4.78 is 25.0. The van der Waals surface area contributed by atoms with Crippen LogP contribution in [0.25, 0.3) is 0 Å². The second-order valence-corrected chi connectivity index (χ2v) is 9.46. The number of fused-ring (bicyclic) bond motifs is 1. The quantitative estimate of drug-likeness (QED) is 0.715. The Hall–Kier alpha value is -3.00. The average molecular weight is 413 g/mol. The van der Waals surface area contributed by atoms with Crippen molar-refractivity contribution < 1.29 is 27.6 Å². The lowest BCUT2D eigenvalue weighted by atomic mass is 9.88. The molecular formula is C21H19NO6S. The standard InChI is InChI=1S/C21H19NO6S/c23-18-16-11-5-6-12-17(16)19(24)22(18)28-20(25)21(13-7-2-8-14-21)29(26,27)15-9-3-1-4-10-15/h1,3-6,9-12H,2,7-8,13-14H2. The van der Waals surface area contributed by atoms with E-state index in [1.165, 1.54) is 24.3 Å². The monoisotopic (exact) mass is 413 g/mol. The predicted octanol–water partition coefficient (Wildman–Crippen LogP) is 2.92. The maximum Gasteiger partial charge on any atom is 0.354 e. The van der Waals surface area contributed by atoms with Gasteiger partial charge in [0.1, 0.15) is 0 Å². The minimum absolute atomic E-state index is 0.0150. The number of imide groups is 1. The Bertz CT molecular complexity index is 1050. The molecule has 29 heavy (non-hydrogen) atoms. The number of hydroxylamine groups is 2. The highest BCUT2D eigenvalue weighted by Crippen LogP contribution is 2.40. The summed E-state index contributed by atoms with van der Waals surface area (Å²) >= 11 is 0. The van der Waals surface area contributed by atoms with Crippen LogP contribution in [-0.2, 0) is 19.5 Å². The highest BCUT2D eigenvalue weighted by atomic mass is 32.2. The summed E-state index contributed by atoms with van der Waals surface area (Å²) in [6, 6.07) is 13.8. The molecule has 2 amide bonds. The van der Waals surface area contributed by atoms with E-state index in [9.17, 15) is 22.8 Å². The van der Waals surface area contributed by atoms with Crippen LogP contribution in [-0.4, -0.2) is 36.0 Å². The third-order valence-electron chi connectivity index (χ3n) is 5.53. The van der Waals surface area contributed by atoms with E-state index >= 15 is 0 Å². The molecule has 2 aromatic rings. The molecule has 0 radical (unpaired) electrons. The fourth-order valence-corrected chi connectivity index (χ4v) is 6.00. The number of sulfone groups is 1. The van der Waals surface area contributed by atoms with Crippen molar-refractivity contribution in [1.82, 2.24) is 5.06 Å². The highest BCUT2D eigenvalue weighted by molar-refractivity contribution is 7.93. The number of benzene rings is 2. The highest BCUT2D eigenvalue weighted by Gasteiger charge is 2.55. The van der Waals surface area contributed by atoms with E-state index in [1.807, 2.05) is 0 Å². The van der Waals surface area contributed by atoms with Gasteiger partial charge in [-0.1, -0.05) is 54.7 Å². The number of carbonyl (C=O) groups excluding carboxylic acids is 3. The van der Waals surface area contributed by atoms with Crippen LogP contribution in [0.5, 0.6) is 0 Å². The first-order valence-corrected chi connectivity index (χ1v) is 10.9. The Balaban J connectivity index is 1.70. The summed E-state index contributed by atoms with van der Waals surface area (Å²) in [5, 5.41) is 0.379. The molecule has 150 valence electrons. The molecule has 1 saturated carbocycles. The molecule has 2 aromatic carbocycles. The fraction of sp³-hybridized carbons (Fsp3) is 0.286. The Morgan fingerprint density at radius 1 is 0.828 bits per heavy atom. The number of nitrogens with zero attached hydrogens (tertiary/aromatic N) is 1. The van der Waals surface area contributed by atoms with Gasteiger partial charge in [0.05, 0.1) is 16.0 Å². The summed E-state index contributed by atoms with van der Waals surface area (Å²) in [5.41, 5.74) is 0.239. The third kappa shape index (κ3) is 2.95. The molecule has 0 unspecified atom stereocenters. The fourth-order valence-electron chi connectivity index (χ4n) is 3.95. The maximum absolute atomic E-state index is 13.4. The molecular weight excluding hydrogens is 394 g/mol. The molecule has 0 N–H and O–H groups in total. The first kappa shape index (κ1) is 19.3. The molecule has 1 aliphatic heterocycles. The summed E-state index contributed by atoms with van der Waals surface area (Å²) in [6.07, 6.45) is 2.01. The van der Waals surface area contributed by atoms with Crippen LogP contribution in [0.1, 0.15) is 52.8 Å². The molecule has 1 heterocycles. The largest absolute Gasteiger partial charge is 0.354 e. The van der Waals surface area contributed by atoms with Crippen molar-refractivity contribution in [2.75, 3.05) is 0 Å². The molecule has 0 saturated heterocycles. The number of amides is 2. The first-order valence-electron chi connectivity index (χ1n) is 9.38. The van der Waals surface area contributed by atoms with E-state index in [4.69, 9.17) is 4.84 Å². The van der Waals surface area contributed by atoms with Gasteiger partial charge in [-0.15, -0.1) is 0 Å². The van der Waals surface area contributed by atoms with Crippen molar-refractivity contribution in [3.63, 3.8) is 0 Å². The zero-order valence-corrected chi connectivity index (χ0v) is 16.4. The van der Waals surface area contributed by atoms with Crippen LogP contribution < -0.4 is 0 Å². The zero-order chi connectivity index (χ0) is 20.6. The molecule has 4 rings (SSSR count). The van der Waals surface area contributed by atoms with Crippen molar-refractivity contribution in [2.45, 2.75) is 41.7 Å². The number of carbonyl (C=O) groups is 3. The molecule has 2 aliphatic rings. The summed E-state index contributed by atoms with van der Waals surface area (Å²) in [7, 11) is -4.09. The van der Waals surface area contributed by atoms with Gasteiger partial charge in [-0.3, -0.25) is 9.59 Å². The van der Waals surface area contributed by atoms with Gasteiger partial charge >= 0.3 is 5.97 Å². The van der Waals surface area contributed by atoms with Gasteiger partial charge in [0.2, 0.25) is 0 Å². The molecule has 0 spiro atoms. The molecule has 7 nitrogen and oxygen atoms in total. The second kappa shape index (κ2) is 7.11. The first-order chi connectivity index (χ1) is 13.9. The van der Waals surface area contributed by atoms with Gasteiger partial charge < -0.3 is 4.84 Å². The lowest BCUT2D eigenvalue weighted by Gasteiger charge is -2.34. The third-order valence-corrected chi connectivity index (χ3v) is 8.03. The number of rotatable bonds is 4. The van der Waals surface area contributed by atoms with Gasteiger partial charge in [-0.05, 0) is 37.1 Å². The van der Waals surface area contributed by atoms with E-state index in [0.717, 1.165) is 6.42 Å². The number of hydrogen-bond acceptors (Lipinski definition) is 6. The van der Waals surface area contributed by atoms with Gasteiger partial charge in [-0.2, -0.15) is 0 Å². The van der Waals surface area contributed by atoms with E-state index in [-0.39, 0.29) is 28.9 Å². The molecule has 0 aromatic heterocycles. The summed E-state index contributed by atoms with van der Waals surface area (Å²) in [5.74, 6) is -2.64. The van der Waals surface area contributed by atoms with Gasteiger partial charge in [0.25, 0.3) is 11.8 Å². The smallest absolute Gasteiger partial charge is 0.328 e. The Morgan fingerprint density at radius 2 is 1.34 bits per heavy atom. The molecule has 1 fully saturated rings. The van der Waals surface area contributed by atoms with Crippen LogP contribution >= 0.6 is 0 Å². The lowest BCUT2D eigenvalue weighted by Crippen LogP contribution is -2.51. The van der Waals surface area contributed by atoms with E-state index in [0.29, 0.717) is 17.9 Å². The molecule has 8 heteroatoms. The van der Waals surface area contributed by atoms with Crippen LogP contribution in [0.2, 0.25) is 0 Å². The van der Waals surface area contributed by atoms with Crippen molar-refractivity contribution in [2.24, 2.45) is 0 Å². The molecule has 0 bridgehead atoms. The van der Waals surface area contributed by atoms with Crippen molar-refractivity contribution >= 4 is 27.6 Å². The zero-order valence-electron chi connectivity index (χ0n) is 15.5. The second-order valence-electron chi connectivity index (χ2n) is 7.20. The normalized spacial score (nSPS) is 18.4. The van der Waals surface area contributed by atoms with Gasteiger partial charge in [0, 0.05) is 0 Å². The molecule has 1 aliphatic carbocycles. The lowest BCUT2D eigenvalue weighted by molar-refractivity contribution is -0.172. The summed E-state index contributed by atoms with van der Waals surface area (Å²) in [4.78, 5) is 43.4. The van der Waals surface area contributed by atoms with Crippen molar-refractivity contribution in [1.29, 1.82) is 0 Å². The minimum Gasteiger partial charge on any atom is -0.328 e. The van der Waals surface area contributed by atoms with Gasteiger partial charge in [0.15, 0.2) is 14.6 Å². The van der Waals surface area contributed by atoms with Crippen molar-refractivity contribution in [3.8, 4) is 0 Å². The Labute approximate surface area is 168 Å². The Morgan fingerprint density at radius 3 is 1.90 bits per heavy atom. The van der Waals surface area contributed by atoms with Crippen LogP contribution in [0.4, 0.5) is 0 Å². The maximum atomic E-state index is 13.4. The van der Waals surface area contributed by atoms with Crippen LogP contribution in [0.15, 0.2) is 59.5 Å². The van der Waals surface area contributed by atoms with Crippen molar-refractivity contribution in [3.05, 3.63) is 65.7 Å². The summed E-state index contributed by atoms with van der Waals surface area (Å²) in [6.45, 7) is 0. The number of hydrogen-bond donors (Lipinski definition) is 0. The van der Waals surface area contributed by atoms with E-state index in [2.05, 4.69) is 0 Å². The van der Waals surface area contributed by atoms with Gasteiger partial charge in [-0.25, -0.2) is 13.2 Å². The SMILES string of the molecule is O=C1c2ccccc2C(=O)N1OC(=O)C1(S(=O)(=O)c2ccccc2)CCCCC1. The van der Waals surface area contributed by atoms with Crippen LogP contribution in [0, 0.1) is 0 Å². The molecule has 0 atom stereocenters. The van der Waals surface area contributed by atoms with E-state index < -0.39 is 32.4 Å². The average Bonchev–Trinajstić information content (AvgIpc) is 3.00. The van der Waals surface area contributed by atoms with E-state index in [1.54, 1.807) is 30.3 Å². The van der Waals surface area contributed by atoms with Crippen LogP contribution in [0.3, 0.4) is 0 Å².